The smallest absolute Gasteiger partial charge is 0.305 e. The number of hydrogen-bond donors (Lipinski definition) is 2. The summed E-state index contributed by atoms with van der Waals surface area (Å²) in [5.74, 6) is 1.32. The van der Waals surface area contributed by atoms with Crippen LogP contribution in [0.25, 0.3) is 0 Å². The molecule has 0 bridgehead atoms. The second kappa shape index (κ2) is 4.83. The first-order valence-electron chi connectivity index (χ1n) is 3.00. The van der Waals surface area contributed by atoms with Crippen LogP contribution in [0.3, 0.4) is 0 Å². The fraction of sp³-hybridized carbons (Fsp3) is 0.571. The van der Waals surface area contributed by atoms with Gasteiger partial charge in [-0.2, -0.15) is 0 Å². The Morgan fingerprint density at radius 1 is 1.70 bits per heavy atom. The van der Waals surface area contributed by atoms with Gasteiger partial charge in [0, 0.05) is 6.42 Å². The van der Waals surface area contributed by atoms with E-state index in [0.717, 1.165) is 0 Å². The van der Waals surface area contributed by atoms with Gasteiger partial charge in [0.2, 0.25) is 0 Å². The average molecular weight is 142 g/mol. The summed E-state index contributed by atoms with van der Waals surface area (Å²) in [5, 5.41) is 17.0. The molecule has 0 saturated carbocycles. The maximum Gasteiger partial charge on any atom is 0.305 e. The molecule has 3 nitrogen and oxygen atoms in total. The molecular weight excluding hydrogens is 132 g/mol. The van der Waals surface area contributed by atoms with Crippen LogP contribution in [0, 0.1) is 12.3 Å². The van der Waals surface area contributed by atoms with Crippen molar-refractivity contribution in [1.29, 1.82) is 0 Å². The van der Waals surface area contributed by atoms with Gasteiger partial charge in [-0.05, 0) is 6.42 Å². The van der Waals surface area contributed by atoms with Crippen LogP contribution in [-0.2, 0) is 4.79 Å². The van der Waals surface area contributed by atoms with Gasteiger partial charge in [-0.3, -0.25) is 4.79 Å². The molecular formula is C7H10O3. The van der Waals surface area contributed by atoms with Crippen LogP contribution in [0.1, 0.15) is 19.3 Å². The molecule has 0 rings (SSSR count). The quantitative estimate of drug-likeness (QED) is 0.552. The van der Waals surface area contributed by atoms with Gasteiger partial charge in [0.25, 0.3) is 0 Å². The van der Waals surface area contributed by atoms with Crippen LogP contribution < -0.4 is 0 Å². The van der Waals surface area contributed by atoms with E-state index in [9.17, 15) is 4.79 Å². The van der Waals surface area contributed by atoms with Crippen molar-refractivity contribution >= 4 is 5.97 Å². The SMILES string of the molecule is C#CCCC(O)CC(=O)O. The number of rotatable bonds is 4. The zero-order valence-corrected chi connectivity index (χ0v) is 5.58. The van der Waals surface area contributed by atoms with Gasteiger partial charge in [0.15, 0.2) is 0 Å². The Balaban J connectivity index is 3.36. The molecule has 0 saturated heterocycles. The Morgan fingerprint density at radius 2 is 2.30 bits per heavy atom. The van der Waals surface area contributed by atoms with Crippen molar-refractivity contribution in [1.82, 2.24) is 0 Å². The highest BCUT2D eigenvalue weighted by atomic mass is 16.4. The Kier molecular flexibility index (Phi) is 4.34. The van der Waals surface area contributed by atoms with Crippen LogP contribution in [0.4, 0.5) is 0 Å². The highest BCUT2D eigenvalue weighted by Crippen LogP contribution is 1.99. The fourth-order valence-electron chi connectivity index (χ4n) is 0.554. The minimum atomic E-state index is -0.996. The number of carboxylic acid groups (broad SMARTS) is 1. The zero-order valence-electron chi connectivity index (χ0n) is 5.58. The topological polar surface area (TPSA) is 57.5 Å². The summed E-state index contributed by atoms with van der Waals surface area (Å²) >= 11 is 0. The molecule has 0 fully saturated rings. The summed E-state index contributed by atoms with van der Waals surface area (Å²) in [6, 6.07) is 0. The first-order valence-corrected chi connectivity index (χ1v) is 3.00. The van der Waals surface area contributed by atoms with Crippen molar-refractivity contribution in [2.24, 2.45) is 0 Å². The molecule has 0 aliphatic rings. The molecule has 0 spiro atoms. The number of terminal acetylenes is 1. The summed E-state index contributed by atoms with van der Waals surface area (Å²) in [4.78, 5) is 9.96. The Bertz CT molecular complexity index is 145. The summed E-state index contributed by atoms with van der Waals surface area (Å²) in [7, 11) is 0. The van der Waals surface area contributed by atoms with E-state index in [1.165, 1.54) is 0 Å². The Labute approximate surface area is 59.7 Å². The molecule has 0 amide bonds. The highest BCUT2D eigenvalue weighted by molar-refractivity contribution is 5.67. The molecule has 0 aliphatic carbocycles. The molecule has 3 heteroatoms. The maximum absolute atomic E-state index is 9.96. The molecule has 0 aromatic rings. The predicted octanol–water partition coefficient (Wildman–Crippen LogP) is 0.235. The van der Waals surface area contributed by atoms with Gasteiger partial charge in [-0.15, -0.1) is 12.3 Å². The third-order valence-corrected chi connectivity index (χ3v) is 1.03. The van der Waals surface area contributed by atoms with Gasteiger partial charge in [0.1, 0.15) is 0 Å². The number of carbonyl (C=O) groups is 1. The lowest BCUT2D eigenvalue weighted by Gasteiger charge is -2.02. The van der Waals surface area contributed by atoms with Crippen LogP contribution in [0.15, 0.2) is 0 Å². The van der Waals surface area contributed by atoms with Gasteiger partial charge >= 0.3 is 5.97 Å². The van der Waals surface area contributed by atoms with E-state index < -0.39 is 12.1 Å². The van der Waals surface area contributed by atoms with E-state index in [4.69, 9.17) is 16.6 Å². The van der Waals surface area contributed by atoms with Crippen LogP contribution >= 0.6 is 0 Å². The number of aliphatic hydroxyl groups excluding tert-OH is 1. The van der Waals surface area contributed by atoms with E-state index in [2.05, 4.69) is 5.92 Å². The van der Waals surface area contributed by atoms with Gasteiger partial charge in [0.05, 0.1) is 12.5 Å². The largest absolute Gasteiger partial charge is 0.481 e. The van der Waals surface area contributed by atoms with Crippen molar-refractivity contribution in [3.8, 4) is 12.3 Å². The first-order chi connectivity index (χ1) is 4.66. The van der Waals surface area contributed by atoms with Gasteiger partial charge in [-0.1, -0.05) is 0 Å². The summed E-state index contributed by atoms with van der Waals surface area (Å²) in [6.07, 6.45) is 4.67. The highest BCUT2D eigenvalue weighted by Gasteiger charge is 2.07. The van der Waals surface area contributed by atoms with Crippen molar-refractivity contribution in [2.75, 3.05) is 0 Å². The molecule has 1 atom stereocenters. The van der Waals surface area contributed by atoms with E-state index in [-0.39, 0.29) is 6.42 Å². The second-order valence-electron chi connectivity index (χ2n) is 1.99. The van der Waals surface area contributed by atoms with E-state index in [0.29, 0.717) is 12.8 Å². The van der Waals surface area contributed by atoms with Crippen LogP contribution in [-0.4, -0.2) is 22.3 Å². The number of aliphatic carboxylic acids is 1. The number of carboxylic acids is 1. The van der Waals surface area contributed by atoms with Crippen molar-refractivity contribution in [3.63, 3.8) is 0 Å². The standard InChI is InChI=1S/C7H10O3/c1-2-3-4-6(8)5-7(9)10/h1,6,8H,3-5H2,(H,9,10). The summed E-state index contributed by atoms with van der Waals surface area (Å²) in [5.41, 5.74) is 0. The second-order valence-corrected chi connectivity index (χ2v) is 1.99. The molecule has 0 aromatic carbocycles. The van der Waals surface area contributed by atoms with E-state index in [1.807, 2.05) is 0 Å². The molecule has 0 heterocycles. The number of aliphatic hydroxyl groups is 1. The maximum atomic E-state index is 9.96. The fourth-order valence-corrected chi connectivity index (χ4v) is 0.554. The Morgan fingerprint density at radius 3 is 2.70 bits per heavy atom. The third-order valence-electron chi connectivity index (χ3n) is 1.03. The zero-order chi connectivity index (χ0) is 7.98. The lowest BCUT2D eigenvalue weighted by Crippen LogP contribution is -2.12. The average Bonchev–Trinajstić information content (AvgIpc) is 1.82. The minimum Gasteiger partial charge on any atom is -0.481 e. The van der Waals surface area contributed by atoms with Crippen molar-refractivity contribution in [3.05, 3.63) is 0 Å². The van der Waals surface area contributed by atoms with E-state index in [1.54, 1.807) is 0 Å². The molecule has 1 unspecified atom stereocenters. The summed E-state index contributed by atoms with van der Waals surface area (Å²) < 4.78 is 0. The molecule has 0 aromatic heterocycles. The molecule has 10 heavy (non-hydrogen) atoms. The molecule has 56 valence electrons. The first kappa shape index (κ1) is 8.99. The van der Waals surface area contributed by atoms with Crippen LogP contribution in [0.2, 0.25) is 0 Å². The molecule has 0 aliphatic heterocycles. The lowest BCUT2D eigenvalue weighted by molar-refractivity contribution is -0.139. The van der Waals surface area contributed by atoms with Crippen molar-refractivity contribution in [2.45, 2.75) is 25.4 Å². The molecule has 2 N–H and O–H groups in total. The van der Waals surface area contributed by atoms with Crippen molar-refractivity contribution < 1.29 is 15.0 Å². The van der Waals surface area contributed by atoms with Gasteiger partial charge < -0.3 is 10.2 Å². The predicted molar refractivity (Wildman–Crippen MR) is 36.3 cm³/mol. The lowest BCUT2D eigenvalue weighted by atomic mass is 10.1. The number of hydrogen-bond acceptors (Lipinski definition) is 2. The normalized spacial score (nSPS) is 12.0. The minimum absolute atomic E-state index is 0.221. The van der Waals surface area contributed by atoms with Crippen LogP contribution in [0.5, 0.6) is 0 Å². The van der Waals surface area contributed by atoms with E-state index >= 15 is 0 Å². The molecule has 0 radical (unpaired) electrons. The van der Waals surface area contributed by atoms with Gasteiger partial charge in [-0.25, -0.2) is 0 Å². The third kappa shape index (κ3) is 5.13. The summed E-state index contributed by atoms with van der Waals surface area (Å²) in [6.45, 7) is 0. The Hall–Kier alpha value is -1.01. The monoisotopic (exact) mass is 142 g/mol.